The maximum absolute atomic E-state index is 13.0. The Hall–Kier alpha value is -0.930. The van der Waals surface area contributed by atoms with Crippen LogP contribution in [0.25, 0.3) is 0 Å². The highest BCUT2D eigenvalue weighted by Gasteiger charge is 2.27. The minimum atomic E-state index is -0.151. The van der Waals surface area contributed by atoms with Gasteiger partial charge in [-0.05, 0) is 50.4 Å². The zero-order valence-electron chi connectivity index (χ0n) is 11.3. The average Bonchev–Trinajstić information content (AvgIpc) is 3.12. The van der Waals surface area contributed by atoms with Crippen LogP contribution in [0.2, 0.25) is 0 Å². The lowest BCUT2D eigenvalue weighted by atomic mass is 10.2. The second kappa shape index (κ2) is 6.30. The lowest BCUT2D eigenvalue weighted by Crippen LogP contribution is -2.35. The molecule has 18 heavy (non-hydrogen) atoms. The maximum atomic E-state index is 13.0. The first-order chi connectivity index (χ1) is 8.65. The molecule has 1 fully saturated rings. The highest BCUT2D eigenvalue weighted by molar-refractivity contribution is 5.15. The Morgan fingerprint density at radius 2 is 2.22 bits per heavy atom. The molecule has 1 saturated carbocycles. The standard InChI is InChI=1S/C15H23FN2/c1-12(14-6-7-14)17-8-9-18(2)11-13-4-3-5-15(16)10-13/h3-5,10,12,14,17H,6-9,11H2,1-2H3. The molecule has 0 aliphatic heterocycles. The van der Waals surface area contributed by atoms with Crippen molar-refractivity contribution in [1.29, 1.82) is 0 Å². The summed E-state index contributed by atoms with van der Waals surface area (Å²) in [6.45, 7) is 5.07. The van der Waals surface area contributed by atoms with Gasteiger partial charge >= 0.3 is 0 Å². The number of nitrogens with zero attached hydrogens (tertiary/aromatic N) is 1. The summed E-state index contributed by atoms with van der Waals surface area (Å²) in [7, 11) is 2.08. The van der Waals surface area contributed by atoms with E-state index in [9.17, 15) is 4.39 Å². The van der Waals surface area contributed by atoms with Crippen molar-refractivity contribution < 1.29 is 4.39 Å². The molecule has 1 aromatic carbocycles. The van der Waals surface area contributed by atoms with Crippen LogP contribution >= 0.6 is 0 Å². The Balaban J connectivity index is 1.66. The van der Waals surface area contributed by atoms with E-state index in [1.807, 2.05) is 6.07 Å². The predicted molar refractivity (Wildman–Crippen MR) is 72.9 cm³/mol. The summed E-state index contributed by atoms with van der Waals surface area (Å²) in [5.41, 5.74) is 1.03. The molecule has 0 radical (unpaired) electrons. The normalized spacial score (nSPS) is 17.1. The molecule has 3 heteroatoms. The molecular formula is C15H23FN2. The summed E-state index contributed by atoms with van der Waals surface area (Å²) in [6, 6.07) is 7.48. The van der Waals surface area contributed by atoms with Crippen LogP contribution in [0.3, 0.4) is 0 Å². The first kappa shape index (κ1) is 13.5. The fraction of sp³-hybridized carbons (Fsp3) is 0.600. The third-order valence-electron chi connectivity index (χ3n) is 3.63. The Bertz CT molecular complexity index is 377. The molecular weight excluding hydrogens is 227 g/mol. The minimum absolute atomic E-state index is 0.151. The van der Waals surface area contributed by atoms with E-state index in [1.54, 1.807) is 12.1 Å². The van der Waals surface area contributed by atoms with Gasteiger partial charge in [-0.15, -0.1) is 0 Å². The van der Waals surface area contributed by atoms with E-state index in [0.29, 0.717) is 6.04 Å². The third-order valence-corrected chi connectivity index (χ3v) is 3.63. The first-order valence-electron chi connectivity index (χ1n) is 6.81. The molecule has 0 saturated heterocycles. The van der Waals surface area contributed by atoms with Gasteiger partial charge in [0.25, 0.3) is 0 Å². The van der Waals surface area contributed by atoms with Crippen LogP contribution in [-0.2, 0) is 6.54 Å². The quantitative estimate of drug-likeness (QED) is 0.800. The summed E-state index contributed by atoms with van der Waals surface area (Å²) in [6.07, 6.45) is 2.76. The molecule has 0 spiro atoms. The second-order valence-electron chi connectivity index (χ2n) is 5.45. The number of hydrogen-bond donors (Lipinski definition) is 1. The van der Waals surface area contributed by atoms with Crippen LogP contribution in [0.5, 0.6) is 0 Å². The summed E-state index contributed by atoms with van der Waals surface area (Å²) in [5, 5.41) is 3.56. The number of nitrogens with one attached hydrogen (secondary N) is 1. The van der Waals surface area contributed by atoms with E-state index >= 15 is 0 Å². The van der Waals surface area contributed by atoms with Crippen molar-refractivity contribution in [2.45, 2.75) is 32.4 Å². The van der Waals surface area contributed by atoms with Crippen molar-refractivity contribution in [1.82, 2.24) is 10.2 Å². The van der Waals surface area contributed by atoms with Gasteiger partial charge in [-0.25, -0.2) is 4.39 Å². The summed E-state index contributed by atoms with van der Waals surface area (Å²) in [5.74, 6) is 0.750. The number of hydrogen-bond acceptors (Lipinski definition) is 2. The topological polar surface area (TPSA) is 15.3 Å². The fourth-order valence-corrected chi connectivity index (χ4v) is 2.27. The molecule has 1 aliphatic rings. The monoisotopic (exact) mass is 250 g/mol. The number of halogens is 1. The zero-order chi connectivity index (χ0) is 13.0. The van der Waals surface area contributed by atoms with E-state index in [0.717, 1.165) is 31.1 Å². The van der Waals surface area contributed by atoms with Crippen molar-refractivity contribution in [2.24, 2.45) is 5.92 Å². The first-order valence-corrected chi connectivity index (χ1v) is 6.81. The van der Waals surface area contributed by atoms with E-state index in [4.69, 9.17) is 0 Å². The van der Waals surface area contributed by atoms with E-state index in [-0.39, 0.29) is 5.82 Å². The van der Waals surface area contributed by atoms with Gasteiger partial charge in [-0.2, -0.15) is 0 Å². The molecule has 0 aromatic heterocycles. The van der Waals surface area contributed by atoms with E-state index in [1.165, 1.54) is 18.9 Å². The van der Waals surface area contributed by atoms with Gasteiger partial charge in [0.2, 0.25) is 0 Å². The Morgan fingerprint density at radius 1 is 1.44 bits per heavy atom. The lowest BCUT2D eigenvalue weighted by molar-refractivity contribution is 0.314. The molecule has 0 bridgehead atoms. The van der Waals surface area contributed by atoms with Crippen molar-refractivity contribution in [2.75, 3.05) is 20.1 Å². The maximum Gasteiger partial charge on any atom is 0.123 e. The smallest absolute Gasteiger partial charge is 0.123 e. The van der Waals surface area contributed by atoms with Gasteiger partial charge in [0.1, 0.15) is 5.82 Å². The van der Waals surface area contributed by atoms with Crippen LogP contribution in [0.15, 0.2) is 24.3 Å². The SMILES string of the molecule is CC(NCCN(C)Cc1cccc(F)c1)C1CC1. The summed E-state index contributed by atoms with van der Waals surface area (Å²) >= 11 is 0. The Labute approximate surface area is 109 Å². The molecule has 2 nitrogen and oxygen atoms in total. The molecule has 1 atom stereocenters. The number of benzene rings is 1. The van der Waals surface area contributed by atoms with Crippen molar-refractivity contribution in [3.63, 3.8) is 0 Å². The molecule has 1 unspecified atom stereocenters. The highest BCUT2D eigenvalue weighted by Crippen LogP contribution is 2.32. The molecule has 0 amide bonds. The van der Waals surface area contributed by atoms with Gasteiger partial charge in [0.15, 0.2) is 0 Å². The van der Waals surface area contributed by atoms with Crippen molar-refractivity contribution in [3.05, 3.63) is 35.6 Å². The number of rotatable bonds is 7. The van der Waals surface area contributed by atoms with Crippen LogP contribution in [0.1, 0.15) is 25.3 Å². The second-order valence-corrected chi connectivity index (χ2v) is 5.45. The summed E-state index contributed by atoms with van der Waals surface area (Å²) in [4.78, 5) is 2.22. The van der Waals surface area contributed by atoms with Crippen LogP contribution in [0.4, 0.5) is 4.39 Å². The average molecular weight is 250 g/mol. The molecule has 0 heterocycles. The fourth-order valence-electron chi connectivity index (χ4n) is 2.27. The largest absolute Gasteiger partial charge is 0.313 e. The zero-order valence-corrected chi connectivity index (χ0v) is 11.3. The van der Waals surface area contributed by atoms with Gasteiger partial charge in [0.05, 0.1) is 0 Å². The molecule has 2 rings (SSSR count). The van der Waals surface area contributed by atoms with Crippen LogP contribution < -0.4 is 5.32 Å². The lowest BCUT2D eigenvalue weighted by Gasteiger charge is -2.19. The third kappa shape index (κ3) is 4.39. The molecule has 1 N–H and O–H groups in total. The van der Waals surface area contributed by atoms with Crippen LogP contribution in [0, 0.1) is 11.7 Å². The molecule has 100 valence electrons. The van der Waals surface area contributed by atoms with E-state index in [2.05, 4.69) is 24.2 Å². The van der Waals surface area contributed by atoms with Crippen molar-refractivity contribution in [3.8, 4) is 0 Å². The van der Waals surface area contributed by atoms with Crippen LogP contribution in [-0.4, -0.2) is 31.1 Å². The van der Waals surface area contributed by atoms with Gasteiger partial charge in [0, 0.05) is 25.7 Å². The van der Waals surface area contributed by atoms with Crippen molar-refractivity contribution >= 4 is 0 Å². The Kier molecular flexibility index (Phi) is 4.72. The minimum Gasteiger partial charge on any atom is -0.313 e. The number of likely N-dealkylation sites (N-methyl/N-ethyl adjacent to an activating group) is 1. The van der Waals surface area contributed by atoms with Gasteiger partial charge in [-0.1, -0.05) is 12.1 Å². The Morgan fingerprint density at radius 3 is 2.89 bits per heavy atom. The summed E-state index contributed by atoms with van der Waals surface area (Å²) < 4.78 is 13.0. The van der Waals surface area contributed by atoms with E-state index < -0.39 is 0 Å². The molecule has 1 aliphatic carbocycles. The highest BCUT2D eigenvalue weighted by atomic mass is 19.1. The van der Waals surface area contributed by atoms with Gasteiger partial charge < -0.3 is 10.2 Å². The molecule has 1 aromatic rings. The van der Waals surface area contributed by atoms with Gasteiger partial charge in [-0.3, -0.25) is 0 Å². The predicted octanol–water partition coefficient (Wildman–Crippen LogP) is 2.65.